The number of nitrogens with zero attached hydrogens (tertiary/aromatic N) is 1. The SMILES string of the molecule is CCCCc1cc[n+](C)c2ccccc12.F[B-](F)(F)F. The van der Waals surface area contributed by atoms with Crippen LogP contribution in [-0.2, 0) is 13.5 Å². The van der Waals surface area contributed by atoms with E-state index in [1.54, 1.807) is 0 Å². The molecule has 20 heavy (non-hydrogen) atoms. The first-order chi connectivity index (χ1) is 9.33. The van der Waals surface area contributed by atoms with Crippen LogP contribution in [0, 0.1) is 0 Å². The predicted octanol–water partition coefficient (Wildman–Crippen LogP) is 4.31. The average Bonchev–Trinajstić information content (AvgIpc) is 2.36. The second-order valence-electron chi connectivity index (χ2n) is 4.57. The highest BCUT2D eigenvalue weighted by Crippen LogP contribution is 2.16. The Balaban J connectivity index is 0.000000347. The van der Waals surface area contributed by atoms with E-state index in [2.05, 4.69) is 55.1 Å². The molecule has 0 aliphatic heterocycles. The van der Waals surface area contributed by atoms with E-state index in [0.29, 0.717) is 0 Å². The summed E-state index contributed by atoms with van der Waals surface area (Å²) in [5.74, 6) is 0. The molecule has 0 N–H and O–H groups in total. The lowest BCUT2D eigenvalue weighted by Gasteiger charge is -2.03. The van der Waals surface area contributed by atoms with Crippen LogP contribution < -0.4 is 4.57 Å². The number of halogens is 4. The van der Waals surface area contributed by atoms with Crippen molar-refractivity contribution in [1.29, 1.82) is 0 Å². The van der Waals surface area contributed by atoms with Crippen LogP contribution in [0.1, 0.15) is 25.3 Å². The molecule has 1 aromatic heterocycles. The number of aromatic nitrogens is 1. The standard InChI is InChI=1S/C14H18N.BF4/c1-3-4-7-12-10-11-15(2)14-9-6-5-8-13(12)14;2-1(3,4)5/h5-6,8-11H,3-4,7H2,1-2H3;/q+1;-1. The zero-order valence-electron chi connectivity index (χ0n) is 11.6. The van der Waals surface area contributed by atoms with Crippen LogP contribution in [0.2, 0.25) is 0 Å². The topological polar surface area (TPSA) is 3.88 Å². The Morgan fingerprint density at radius 1 is 1.05 bits per heavy atom. The summed E-state index contributed by atoms with van der Waals surface area (Å²) in [6.07, 6.45) is 5.89. The van der Waals surface area contributed by atoms with Crippen molar-refractivity contribution in [3.63, 3.8) is 0 Å². The summed E-state index contributed by atoms with van der Waals surface area (Å²) in [6.45, 7) is 2.24. The van der Waals surface area contributed by atoms with Gasteiger partial charge in [-0.25, -0.2) is 4.57 Å². The first-order valence-electron chi connectivity index (χ1n) is 6.56. The molecular formula is C14H18BF4N. The second-order valence-corrected chi connectivity index (χ2v) is 4.57. The zero-order valence-corrected chi connectivity index (χ0v) is 11.6. The minimum atomic E-state index is -6.00. The number of pyridine rings is 1. The van der Waals surface area contributed by atoms with Crippen LogP contribution in [0.5, 0.6) is 0 Å². The van der Waals surface area contributed by atoms with Crippen molar-refractivity contribution >= 4 is 18.2 Å². The Morgan fingerprint density at radius 2 is 1.65 bits per heavy atom. The van der Waals surface area contributed by atoms with Crippen molar-refractivity contribution in [1.82, 2.24) is 0 Å². The fraction of sp³-hybridized carbons (Fsp3) is 0.357. The largest absolute Gasteiger partial charge is 0.673 e. The Labute approximate surface area is 116 Å². The van der Waals surface area contributed by atoms with E-state index in [4.69, 9.17) is 0 Å². The van der Waals surface area contributed by atoms with Crippen molar-refractivity contribution < 1.29 is 21.8 Å². The Hall–Kier alpha value is -1.59. The number of hydrogen-bond acceptors (Lipinski definition) is 0. The molecule has 0 saturated heterocycles. The van der Waals surface area contributed by atoms with Crippen LogP contribution >= 0.6 is 0 Å². The number of para-hydroxylation sites is 1. The fourth-order valence-electron chi connectivity index (χ4n) is 2.01. The average molecular weight is 287 g/mol. The van der Waals surface area contributed by atoms with Gasteiger partial charge in [0.2, 0.25) is 5.52 Å². The minimum absolute atomic E-state index is 1.19. The van der Waals surface area contributed by atoms with Crippen molar-refractivity contribution in [3.05, 3.63) is 42.1 Å². The molecule has 0 amide bonds. The van der Waals surface area contributed by atoms with Gasteiger partial charge in [-0.3, -0.25) is 0 Å². The Kier molecular flexibility index (Phi) is 5.98. The molecule has 1 heterocycles. The number of aryl methyl sites for hydroxylation is 2. The van der Waals surface area contributed by atoms with Gasteiger partial charge in [0, 0.05) is 17.5 Å². The molecular weight excluding hydrogens is 269 g/mol. The van der Waals surface area contributed by atoms with E-state index in [9.17, 15) is 17.3 Å². The number of benzene rings is 1. The fourth-order valence-corrected chi connectivity index (χ4v) is 2.01. The summed E-state index contributed by atoms with van der Waals surface area (Å²) in [5.41, 5.74) is 2.80. The highest BCUT2D eigenvalue weighted by Gasteiger charge is 2.20. The Bertz CT molecular complexity index is 548. The van der Waals surface area contributed by atoms with E-state index in [1.807, 2.05) is 0 Å². The number of fused-ring (bicyclic) bond motifs is 1. The molecule has 0 fully saturated rings. The zero-order chi connectivity index (χ0) is 15.2. The highest BCUT2D eigenvalue weighted by atomic mass is 19.5. The van der Waals surface area contributed by atoms with Crippen molar-refractivity contribution in [3.8, 4) is 0 Å². The highest BCUT2D eigenvalue weighted by molar-refractivity contribution is 6.50. The number of unbranched alkanes of at least 4 members (excludes halogenated alkanes) is 1. The molecule has 0 atom stereocenters. The summed E-state index contributed by atoms with van der Waals surface area (Å²) in [5, 5.41) is 1.40. The maximum Gasteiger partial charge on any atom is 0.673 e. The van der Waals surface area contributed by atoms with Crippen molar-refractivity contribution in [2.75, 3.05) is 0 Å². The Morgan fingerprint density at radius 3 is 2.25 bits per heavy atom. The van der Waals surface area contributed by atoms with Crippen molar-refractivity contribution in [2.45, 2.75) is 26.2 Å². The summed E-state index contributed by atoms with van der Waals surface area (Å²) in [4.78, 5) is 0. The van der Waals surface area contributed by atoms with E-state index >= 15 is 0 Å². The molecule has 2 rings (SSSR count). The molecule has 0 saturated carbocycles. The number of hydrogen-bond donors (Lipinski definition) is 0. The van der Waals surface area contributed by atoms with Crippen LogP contribution in [-0.4, -0.2) is 7.25 Å². The van der Waals surface area contributed by atoms with Gasteiger partial charge in [0.25, 0.3) is 0 Å². The molecule has 2 aromatic rings. The monoisotopic (exact) mass is 287 g/mol. The predicted molar refractivity (Wildman–Crippen MR) is 73.9 cm³/mol. The van der Waals surface area contributed by atoms with E-state index < -0.39 is 7.25 Å². The van der Waals surface area contributed by atoms with E-state index in [1.165, 1.54) is 35.7 Å². The molecule has 0 unspecified atom stereocenters. The summed E-state index contributed by atoms with van der Waals surface area (Å²) >= 11 is 0. The summed E-state index contributed by atoms with van der Waals surface area (Å²) in [6, 6.07) is 10.9. The van der Waals surface area contributed by atoms with Gasteiger partial charge >= 0.3 is 7.25 Å². The lowest BCUT2D eigenvalue weighted by atomic mass is 10.0. The molecule has 0 radical (unpaired) electrons. The van der Waals surface area contributed by atoms with Crippen molar-refractivity contribution in [2.24, 2.45) is 7.05 Å². The number of rotatable bonds is 3. The summed E-state index contributed by atoms with van der Waals surface area (Å²) in [7, 11) is -3.90. The molecule has 6 heteroatoms. The van der Waals surface area contributed by atoms with Gasteiger partial charge in [-0.05, 0) is 24.5 Å². The maximum atomic E-state index is 9.75. The normalized spacial score (nSPS) is 11.1. The minimum Gasteiger partial charge on any atom is -0.418 e. The third-order valence-corrected chi connectivity index (χ3v) is 2.93. The molecule has 0 spiro atoms. The lowest BCUT2D eigenvalue weighted by Crippen LogP contribution is -2.28. The van der Waals surface area contributed by atoms with E-state index in [-0.39, 0.29) is 0 Å². The third-order valence-electron chi connectivity index (χ3n) is 2.93. The molecule has 0 aliphatic rings. The van der Waals surface area contributed by atoms with Gasteiger partial charge < -0.3 is 17.3 Å². The van der Waals surface area contributed by atoms with Crippen LogP contribution in [0.25, 0.3) is 10.9 Å². The molecule has 0 bridgehead atoms. The van der Waals surface area contributed by atoms with Crippen LogP contribution in [0.4, 0.5) is 17.3 Å². The van der Waals surface area contributed by atoms with Gasteiger partial charge in [-0.15, -0.1) is 0 Å². The molecule has 1 aromatic carbocycles. The summed E-state index contributed by atoms with van der Waals surface area (Å²) < 4.78 is 41.2. The first-order valence-corrected chi connectivity index (χ1v) is 6.56. The molecule has 0 aliphatic carbocycles. The smallest absolute Gasteiger partial charge is 0.418 e. The van der Waals surface area contributed by atoms with Gasteiger partial charge in [-0.1, -0.05) is 25.5 Å². The van der Waals surface area contributed by atoms with Gasteiger partial charge in [0.1, 0.15) is 7.05 Å². The lowest BCUT2D eigenvalue weighted by molar-refractivity contribution is -0.644. The molecule has 110 valence electrons. The van der Waals surface area contributed by atoms with Gasteiger partial charge in [0.15, 0.2) is 6.20 Å². The van der Waals surface area contributed by atoms with Gasteiger partial charge in [0.05, 0.1) is 0 Å². The van der Waals surface area contributed by atoms with Gasteiger partial charge in [-0.2, -0.15) is 0 Å². The van der Waals surface area contributed by atoms with Crippen LogP contribution in [0.15, 0.2) is 36.5 Å². The quantitative estimate of drug-likeness (QED) is 0.450. The second kappa shape index (κ2) is 7.26. The van der Waals surface area contributed by atoms with E-state index in [0.717, 1.165) is 0 Å². The van der Waals surface area contributed by atoms with Crippen LogP contribution in [0.3, 0.4) is 0 Å². The maximum absolute atomic E-state index is 9.75. The third kappa shape index (κ3) is 5.59. The first kappa shape index (κ1) is 16.5. The molecule has 1 nitrogen and oxygen atoms in total.